The molecule has 0 bridgehead atoms. The van der Waals surface area contributed by atoms with E-state index in [9.17, 15) is 4.79 Å². The SMILES string of the molecule is Cc1ccc(NC(=S)SC2SC(=S)N(c3ccc(C)cc3)C2=O)cc1. The van der Waals surface area contributed by atoms with Gasteiger partial charge in [-0.25, -0.2) is 0 Å². The van der Waals surface area contributed by atoms with Gasteiger partial charge in [0.1, 0.15) is 13.2 Å². The minimum Gasteiger partial charge on any atom is -0.341 e. The highest BCUT2D eigenvalue weighted by Gasteiger charge is 2.39. The first-order valence-corrected chi connectivity index (χ1v) is 10.2. The van der Waals surface area contributed by atoms with Gasteiger partial charge in [-0.2, -0.15) is 0 Å². The molecule has 3 rings (SSSR count). The van der Waals surface area contributed by atoms with Crippen molar-refractivity contribution in [2.45, 2.75) is 18.4 Å². The van der Waals surface area contributed by atoms with Gasteiger partial charge >= 0.3 is 0 Å². The number of carbonyl (C=O) groups is 1. The van der Waals surface area contributed by atoms with Crippen LogP contribution in [0, 0.1) is 13.8 Å². The summed E-state index contributed by atoms with van der Waals surface area (Å²) in [6.07, 6.45) is 0. The van der Waals surface area contributed by atoms with Crippen molar-refractivity contribution in [3.05, 3.63) is 59.7 Å². The molecule has 1 amide bonds. The predicted octanol–water partition coefficient (Wildman–Crippen LogP) is 5.12. The Balaban J connectivity index is 1.66. The van der Waals surface area contributed by atoms with Crippen molar-refractivity contribution in [3.63, 3.8) is 0 Å². The van der Waals surface area contributed by atoms with Crippen LogP contribution in [0.25, 0.3) is 0 Å². The molecule has 0 aliphatic carbocycles. The summed E-state index contributed by atoms with van der Waals surface area (Å²) in [4.78, 5) is 14.3. The molecule has 0 spiro atoms. The zero-order valence-corrected chi connectivity index (χ0v) is 17.0. The normalized spacial score (nSPS) is 17.0. The Kier molecular flexibility index (Phi) is 5.78. The van der Waals surface area contributed by atoms with Crippen LogP contribution in [0.1, 0.15) is 11.1 Å². The smallest absolute Gasteiger partial charge is 0.256 e. The van der Waals surface area contributed by atoms with Gasteiger partial charge in [-0.15, -0.1) is 0 Å². The maximum atomic E-state index is 12.7. The molecule has 1 saturated heterocycles. The molecule has 25 heavy (non-hydrogen) atoms. The molecular weight excluding hydrogens is 388 g/mol. The highest BCUT2D eigenvalue weighted by atomic mass is 32.2. The van der Waals surface area contributed by atoms with E-state index in [0.29, 0.717) is 8.64 Å². The molecule has 0 saturated carbocycles. The Hall–Kier alpha value is -1.41. The van der Waals surface area contributed by atoms with Gasteiger partial charge in [0.25, 0.3) is 5.91 Å². The second-order valence-electron chi connectivity index (χ2n) is 5.62. The molecule has 1 unspecified atom stereocenters. The number of hydrogen-bond donors (Lipinski definition) is 1. The topological polar surface area (TPSA) is 32.3 Å². The van der Waals surface area contributed by atoms with Crippen molar-refractivity contribution in [3.8, 4) is 0 Å². The molecule has 1 N–H and O–H groups in total. The van der Waals surface area contributed by atoms with E-state index in [0.717, 1.165) is 16.9 Å². The standard InChI is InChI=1S/C18H16N2OS4/c1-11-3-7-13(8-4-11)19-17(22)24-16-15(21)20(18(23)25-16)14-9-5-12(2)6-10-14/h3-10,16H,1-2H3,(H,19,22). The van der Waals surface area contributed by atoms with Gasteiger partial charge in [0, 0.05) is 5.69 Å². The summed E-state index contributed by atoms with van der Waals surface area (Å²) in [5.74, 6) is -0.0445. The van der Waals surface area contributed by atoms with E-state index < -0.39 is 0 Å². The Morgan fingerprint density at radius 1 is 1.08 bits per heavy atom. The van der Waals surface area contributed by atoms with Crippen LogP contribution < -0.4 is 10.2 Å². The summed E-state index contributed by atoms with van der Waals surface area (Å²) < 4.78 is 0.756. The summed E-state index contributed by atoms with van der Waals surface area (Å²) in [7, 11) is 0. The Morgan fingerprint density at radius 3 is 2.24 bits per heavy atom. The fourth-order valence-electron chi connectivity index (χ4n) is 2.27. The maximum absolute atomic E-state index is 12.7. The third-order valence-electron chi connectivity index (χ3n) is 3.62. The molecule has 1 fully saturated rings. The summed E-state index contributed by atoms with van der Waals surface area (Å²) >= 11 is 13.5. The number of carbonyl (C=O) groups excluding carboxylic acids is 1. The molecule has 7 heteroatoms. The first-order chi connectivity index (χ1) is 11.9. The lowest BCUT2D eigenvalue weighted by molar-refractivity contribution is -0.115. The fourth-order valence-corrected chi connectivity index (χ4v) is 5.55. The van der Waals surface area contributed by atoms with Gasteiger partial charge in [0.15, 0.2) is 0 Å². The van der Waals surface area contributed by atoms with Crippen molar-refractivity contribution < 1.29 is 4.79 Å². The number of thioether (sulfide) groups is 2. The summed E-state index contributed by atoms with van der Waals surface area (Å²) in [6, 6.07) is 15.7. The number of nitrogens with zero attached hydrogens (tertiary/aromatic N) is 1. The lowest BCUT2D eigenvalue weighted by atomic mass is 10.2. The Labute approximate surface area is 166 Å². The lowest BCUT2D eigenvalue weighted by Crippen LogP contribution is -2.30. The van der Waals surface area contributed by atoms with Gasteiger partial charge < -0.3 is 5.32 Å². The molecule has 3 nitrogen and oxygen atoms in total. The largest absolute Gasteiger partial charge is 0.341 e. The molecule has 1 aliphatic rings. The predicted molar refractivity (Wildman–Crippen MR) is 118 cm³/mol. The summed E-state index contributed by atoms with van der Waals surface area (Å²) in [6.45, 7) is 4.04. The first-order valence-electron chi connectivity index (χ1n) is 7.59. The zero-order valence-electron chi connectivity index (χ0n) is 13.7. The molecular formula is C18H16N2OS4. The summed E-state index contributed by atoms with van der Waals surface area (Å²) in [5.41, 5.74) is 4.04. The van der Waals surface area contributed by atoms with Gasteiger partial charge in [-0.3, -0.25) is 9.69 Å². The second-order valence-corrected chi connectivity index (χ2v) is 9.44. The third-order valence-corrected chi connectivity index (χ3v) is 6.59. The number of nitrogens with one attached hydrogen (secondary N) is 1. The molecule has 1 atom stereocenters. The number of anilines is 2. The lowest BCUT2D eigenvalue weighted by Gasteiger charge is -2.16. The van der Waals surface area contributed by atoms with E-state index in [1.165, 1.54) is 29.1 Å². The van der Waals surface area contributed by atoms with Crippen LogP contribution in [-0.2, 0) is 4.79 Å². The Bertz CT molecular complexity index is 818. The van der Waals surface area contributed by atoms with Gasteiger partial charge in [-0.1, -0.05) is 83.4 Å². The van der Waals surface area contributed by atoms with Crippen LogP contribution >= 0.6 is 48.0 Å². The molecule has 0 radical (unpaired) electrons. The number of hydrogen-bond acceptors (Lipinski definition) is 5. The molecule has 128 valence electrons. The van der Waals surface area contributed by atoms with Crippen molar-refractivity contribution in [1.82, 2.24) is 0 Å². The van der Waals surface area contributed by atoms with E-state index >= 15 is 0 Å². The molecule has 1 heterocycles. The van der Waals surface area contributed by atoms with Crippen LogP contribution in [0.5, 0.6) is 0 Å². The minimum atomic E-state index is -0.362. The number of amides is 1. The van der Waals surface area contributed by atoms with E-state index in [1.54, 1.807) is 4.90 Å². The molecule has 1 aliphatic heterocycles. The number of aryl methyl sites for hydroxylation is 2. The van der Waals surface area contributed by atoms with Gasteiger partial charge in [-0.05, 0) is 38.1 Å². The van der Waals surface area contributed by atoms with E-state index in [4.69, 9.17) is 24.4 Å². The first kappa shape index (κ1) is 18.4. The molecule has 0 aromatic heterocycles. The van der Waals surface area contributed by atoms with Crippen molar-refractivity contribution in [1.29, 1.82) is 0 Å². The van der Waals surface area contributed by atoms with E-state index in [-0.39, 0.29) is 10.5 Å². The van der Waals surface area contributed by atoms with Crippen molar-refractivity contribution in [2.24, 2.45) is 0 Å². The minimum absolute atomic E-state index is 0.0445. The Morgan fingerprint density at radius 2 is 1.64 bits per heavy atom. The molecule has 2 aromatic rings. The molecule has 2 aromatic carbocycles. The fraction of sp³-hybridized carbons (Fsp3) is 0.167. The van der Waals surface area contributed by atoms with Gasteiger partial charge in [0.2, 0.25) is 0 Å². The average molecular weight is 405 g/mol. The number of benzene rings is 2. The second kappa shape index (κ2) is 7.86. The third kappa shape index (κ3) is 4.41. The van der Waals surface area contributed by atoms with Crippen LogP contribution in [-0.4, -0.2) is 19.1 Å². The highest BCUT2D eigenvalue weighted by molar-refractivity contribution is 8.38. The van der Waals surface area contributed by atoms with Crippen molar-refractivity contribution in [2.75, 3.05) is 10.2 Å². The number of rotatable bonds is 3. The van der Waals surface area contributed by atoms with Crippen LogP contribution in [0.2, 0.25) is 0 Å². The van der Waals surface area contributed by atoms with Crippen molar-refractivity contribution >= 4 is 73.9 Å². The average Bonchev–Trinajstić information content (AvgIpc) is 2.84. The highest BCUT2D eigenvalue weighted by Crippen LogP contribution is 2.38. The number of thiocarbonyl (C=S) groups is 2. The van der Waals surface area contributed by atoms with Crippen LogP contribution in [0.4, 0.5) is 11.4 Å². The van der Waals surface area contributed by atoms with E-state index in [1.807, 2.05) is 62.4 Å². The van der Waals surface area contributed by atoms with Crippen LogP contribution in [0.3, 0.4) is 0 Å². The van der Waals surface area contributed by atoms with E-state index in [2.05, 4.69) is 5.32 Å². The maximum Gasteiger partial charge on any atom is 0.256 e. The zero-order chi connectivity index (χ0) is 18.0. The monoisotopic (exact) mass is 404 g/mol. The summed E-state index contributed by atoms with van der Waals surface area (Å²) in [5, 5.41) is 3.16. The van der Waals surface area contributed by atoms with Crippen LogP contribution in [0.15, 0.2) is 48.5 Å². The quantitative estimate of drug-likeness (QED) is 0.715. The van der Waals surface area contributed by atoms with Gasteiger partial charge in [0.05, 0.1) is 5.69 Å².